The normalized spacial score (nSPS) is 10.0. The third-order valence-corrected chi connectivity index (χ3v) is 2.60. The Balaban J connectivity index is 3.39. The summed E-state index contributed by atoms with van der Waals surface area (Å²) in [5, 5.41) is 9.50. The van der Waals surface area contributed by atoms with Gasteiger partial charge in [0.25, 0.3) is 0 Å². The summed E-state index contributed by atoms with van der Waals surface area (Å²) in [5.41, 5.74) is 1.82. The molecule has 0 unspecified atom stereocenters. The van der Waals surface area contributed by atoms with Crippen molar-refractivity contribution in [2.75, 3.05) is 7.11 Å². The van der Waals surface area contributed by atoms with E-state index < -0.39 is 0 Å². The monoisotopic (exact) mass is 230 g/mol. The molecule has 2 nitrogen and oxygen atoms in total. The van der Waals surface area contributed by atoms with Crippen LogP contribution in [0.5, 0.6) is 11.5 Å². The van der Waals surface area contributed by atoms with Gasteiger partial charge in [-0.1, -0.05) is 0 Å². The second-order valence-electron chi connectivity index (χ2n) is 2.66. The first-order valence-corrected chi connectivity index (χ1v) is 4.40. The topological polar surface area (TPSA) is 29.5 Å². The number of hydrogen-bond acceptors (Lipinski definition) is 2. The Hall–Kier alpha value is -0.700. The standard InChI is InChI=1S/C9H11BrO2/c1-5-6(2)9(11)7(10)4-8(5)12-3/h4,11H,1-3H3. The highest BCUT2D eigenvalue weighted by molar-refractivity contribution is 9.10. The van der Waals surface area contributed by atoms with E-state index in [1.54, 1.807) is 13.2 Å². The van der Waals surface area contributed by atoms with E-state index in [9.17, 15) is 5.11 Å². The number of aromatic hydroxyl groups is 1. The van der Waals surface area contributed by atoms with E-state index in [0.717, 1.165) is 16.9 Å². The van der Waals surface area contributed by atoms with Crippen LogP contribution in [-0.4, -0.2) is 12.2 Å². The number of phenolic OH excluding ortho intramolecular Hbond substituents is 1. The smallest absolute Gasteiger partial charge is 0.133 e. The summed E-state index contributed by atoms with van der Waals surface area (Å²) in [6.45, 7) is 3.78. The van der Waals surface area contributed by atoms with Crippen LogP contribution in [0.25, 0.3) is 0 Å². The summed E-state index contributed by atoms with van der Waals surface area (Å²) in [4.78, 5) is 0. The summed E-state index contributed by atoms with van der Waals surface area (Å²) >= 11 is 3.24. The lowest BCUT2D eigenvalue weighted by molar-refractivity contribution is 0.407. The molecular weight excluding hydrogens is 220 g/mol. The van der Waals surface area contributed by atoms with Crippen molar-refractivity contribution in [2.24, 2.45) is 0 Å². The van der Waals surface area contributed by atoms with Crippen molar-refractivity contribution in [3.63, 3.8) is 0 Å². The van der Waals surface area contributed by atoms with Gasteiger partial charge in [-0.05, 0) is 47.0 Å². The van der Waals surface area contributed by atoms with Crippen LogP contribution in [-0.2, 0) is 0 Å². The average Bonchev–Trinajstić information content (AvgIpc) is 2.08. The van der Waals surface area contributed by atoms with Gasteiger partial charge < -0.3 is 9.84 Å². The van der Waals surface area contributed by atoms with Crippen LogP contribution < -0.4 is 4.74 Å². The first kappa shape index (κ1) is 9.39. The molecular formula is C9H11BrO2. The molecule has 0 radical (unpaired) electrons. The molecule has 66 valence electrons. The number of hydrogen-bond donors (Lipinski definition) is 1. The quantitative estimate of drug-likeness (QED) is 0.805. The van der Waals surface area contributed by atoms with Crippen molar-refractivity contribution in [3.05, 3.63) is 21.7 Å². The molecule has 0 spiro atoms. The van der Waals surface area contributed by atoms with Gasteiger partial charge in [-0.25, -0.2) is 0 Å². The molecule has 0 aliphatic carbocycles. The molecule has 1 N–H and O–H groups in total. The van der Waals surface area contributed by atoms with Crippen molar-refractivity contribution in [1.82, 2.24) is 0 Å². The zero-order chi connectivity index (χ0) is 9.30. The molecule has 0 aromatic heterocycles. The van der Waals surface area contributed by atoms with E-state index in [1.807, 2.05) is 13.8 Å². The van der Waals surface area contributed by atoms with Crippen LogP contribution in [0.15, 0.2) is 10.5 Å². The molecule has 12 heavy (non-hydrogen) atoms. The van der Waals surface area contributed by atoms with E-state index in [0.29, 0.717) is 4.47 Å². The van der Waals surface area contributed by atoms with E-state index in [4.69, 9.17) is 4.74 Å². The third-order valence-electron chi connectivity index (χ3n) is 1.99. The van der Waals surface area contributed by atoms with E-state index in [-0.39, 0.29) is 5.75 Å². The molecule has 1 rings (SSSR count). The average molecular weight is 231 g/mol. The number of ether oxygens (including phenoxy) is 1. The zero-order valence-corrected chi connectivity index (χ0v) is 8.90. The Morgan fingerprint density at radius 2 is 1.92 bits per heavy atom. The molecule has 0 amide bonds. The lowest BCUT2D eigenvalue weighted by atomic mass is 10.1. The van der Waals surface area contributed by atoms with Gasteiger partial charge in [0.05, 0.1) is 11.6 Å². The molecule has 0 bridgehead atoms. The third kappa shape index (κ3) is 1.41. The zero-order valence-electron chi connectivity index (χ0n) is 7.31. The Labute approximate surface area is 80.3 Å². The van der Waals surface area contributed by atoms with E-state index in [2.05, 4.69) is 15.9 Å². The minimum Gasteiger partial charge on any atom is -0.506 e. The predicted molar refractivity (Wildman–Crippen MR) is 51.8 cm³/mol. The highest BCUT2D eigenvalue weighted by atomic mass is 79.9. The maximum atomic E-state index is 9.50. The number of phenols is 1. The Kier molecular flexibility index (Phi) is 2.62. The second-order valence-corrected chi connectivity index (χ2v) is 3.51. The summed E-state index contributed by atoms with van der Waals surface area (Å²) in [6, 6.07) is 1.76. The van der Waals surface area contributed by atoms with E-state index >= 15 is 0 Å². The van der Waals surface area contributed by atoms with Gasteiger partial charge in [0, 0.05) is 0 Å². The maximum Gasteiger partial charge on any atom is 0.133 e. The lowest BCUT2D eigenvalue weighted by Gasteiger charge is -2.10. The highest BCUT2D eigenvalue weighted by Crippen LogP contribution is 2.35. The van der Waals surface area contributed by atoms with Crippen molar-refractivity contribution >= 4 is 15.9 Å². The molecule has 0 atom stereocenters. The van der Waals surface area contributed by atoms with Gasteiger partial charge >= 0.3 is 0 Å². The van der Waals surface area contributed by atoms with Crippen LogP contribution in [0.2, 0.25) is 0 Å². The predicted octanol–water partition coefficient (Wildman–Crippen LogP) is 2.78. The highest BCUT2D eigenvalue weighted by Gasteiger charge is 2.09. The molecule has 3 heteroatoms. The summed E-state index contributed by atoms with van der Waals surface area (Å²) in [7, 11) is 1.62. The number of halogens is 1. The van der Waals surface area contributed by atoms with Crippen LogP contribution in [0, 0.1) is 13.8 Å². The summed E-state index contributed by atoms with van der Waals surface area (Å²) in [6.07, 6.45) is 0. The SMILES string of the molecule is COc1cc(Br)c(O)c(C)c1C. The van der Waals surface area contributed by atoms with Gasteiger partial charge in [0.1, 0.15) is 11.5 Å². The summed E-state index contributed by atoms with van der Waals surface area (Å²) < 4.78 is 5.79. The largest absolute Gasteiger partial charge is 0.506 e. The Morgan fingerprint density at radius 3 is 2.42 bits per heavy atom. The van der Waals surface area contributed by atoms with Gasteiger partial charge in [-0.2, -0.15) is 0 Å². The van der Waals surface area contributed by atoms with Crippen LogP contribution >= 0.6 is 15.9 Å². The molecule has 1 aromatic carbocycles. The fourth-order valence-electron chi connectivity index (χ4n) is 1.05. The van der Waals surface area contributed by atoms with Gasteiger partial charge in [-0.3, -0.25) is 0 Å². The van der Waals surface area contributed by atoms with E-state index in [1.165, 1.54) is 0 Å². The maximum absolute atomic E-state index is 9.50. The number of rotatable bonds is 1. The van der Waals surface area contributed by atoms with Crippen LogP contribution in [0.3, 0.4) is 0 Å². The number of methoxy groups -OCH3 is 1. The Bertz CT molecular complexity index is 308. The molecule has 1 aromatic rings. The van der Waals surface area contributed by atoms with Gasteiger partial charge in [0.15, 0.2) is 0 Å². The van der Waals surface area contributed by atoms with Crippen molar-refractivity contribution in [1.29, 1.82) is 0 Å². The van der Waals surface area contributed by atoms with Gasteiger partial charge in [-0.15, -0.1) is 0 Å². The molecule has 0 heterocycles. The second kappa shape index (κ2) is 3.35. The van der Waals surface area contributed by atoms with Crippen LogP contribution in [0.1, 0.15) is 11.1 Å². The minimum absolute atomic E-state index is 0.285. The lowest BCUT2D eigenvalue weighted by Crippen LogP contribution is -1.90. The first-order valence-electron chi connectivity index (χ1n) is 3.60. The minimum atomic E-state index is 0.285. The van der Waals surface area contributed by atoms with Crippen molar-refractivity contribution in [2.45, 2.75) is 13.8 Å². The molecule has 0 fully saturated rings. The number of benzene rings is 1. The fraction of sp³-hybridized carbons (Fsp3) is 0.333. The van der Waals surface area contributed by atoms with Gasteiger partial charge in [0.2, 0.25) is 0 Å². The molecule has 0 aliphatic rings. The van der Waals surface area contributed by atoms with Crippen molar-refractivity contribution < 1.29 is 9.84 Å². The van der Waals surface area contributed by atoms with Crippen LogP contribution in [0.4, 0.5) is 0 Å². The Morgan fingerprint density at radius 1 is 1.33 bits per heavy atom. The molecule has 0 aliphatic heterocycles. The molecule has 0 saturated carbocycles. The first-order chi connectivity index (χ1) is 5.57. The summed E-state index contributed by atoms with van der Waals surface area (Å²) in [5.74, 6) is 1.07. The molecule has 0 saturated heterocycles. The van der Waals surface area contributed by atoms with Crippen molar-refractivity contribution in [3.8, 4) is 11.5 Å². The fourth-order valence-corrected chi connectivity index (χ4v) is 1.55.